The van der Waals surface area contributed by atoms with Crippen molar-refractivity contribution in [2.75, 3.05) is 31.1 Å². The van der Waals surface area contributed by atoms with Crippen molar-refractivity contribution < 1.29 is 13.2 Å². The number of carbonyl (C=O) groups is 1. The second-order valence-corrected chi connectivity index (χ2v) is 8.89. The van der Waals surface area contributed by atoms with Crippen LogP contribution >= 0.6 is 0 Å². The highest BCUT2D eigenvalue weighted by Gasteiger charge is 2.37. The number of hydrogen-bond acceptors (Lipinski definition) is 4. The molecule has 0 radical (unpaired) electrons. The summed E-state index contributed by atoms with van der Waals surface area (Å²) in [6.45, 7) is 7.85. The minimum absolute atomic E-state index is 0.171. The first-order valence-corrected chi connectivity index (χ1v) is 9.90. The number of carbonyl (C=O) groups excluding carboxylic acids is 1. The highest BCUT2D eigenvalue weighted by Crippen LogP contribution is 2.31. The molecule has 1 aliphatic heterocycles. The van der Waals surface area contributed by atoms with Gasteiger partial charge in [-0.2, -0.15) is 0 Å². The standard InChI is InChI=1S/C15H28N2O3S/c1-4-12(2)13(3)17(14-5-6-14)15(18)11-16-7-9-21(19,20)10-8-16/h12-14H,4-11H2,1-3H3/t12-,13-/m1/s1. The lowest BCUT2D eigenvalue weighted by atomic mass is 9.99. The molecule has 1 saturated carbocycles. The van der Waals surface area contributed by atoms with Crippen molar-refractivity contribution in [2.45, 2.75) is 52.1 Å². The van der Waals surface area contributed by atoms with E-state index in [1.165, 1.54) is 0 Å². The summed E-state index contributed by atoms with van der Waals surface area (Å²) in [7, 11) is -2.88. The summed E-state index contributed by atoms with van der Waals surface area (Å²) in [6, 6.07) is 0.679. The molecule has 1 heterocycles. The van der Waals surface area contributed by atoms with E-state index in [1.54, 1.807) is 0 Å². The zero-order valence-electron chi connectivity index (χ0n) is 13.4. The van der Waals surface area contributed by atoms with Gasteiger partial charge in [-0.3, -0.25) is 9.69 Å². The van der Waals surface area contributed by atoms with Crippen molar-refractivity contribution in [3.8, 4) is 0 Å². The largest absolute Gasteiger partial charge is 0.336 e. The van der Waals surface area contributed by atoms with E-state index < -0.39 is 9.84 Å². The van der Waals surface area contributed by atoms with Crippen LogP contribution in [0.5, 0.6) is 0 Å². The van der Waals surface area contributed by atoms with Gasteiger partial charge in [0.2, 0.25) is 5.91 Å². The Hall–Kier alpha value is -0.620. The average molecular weight is 316 g/mol. The first-order chi connectivity index (χ1) is 9.84. The van der Waals surface area contributed by atoms with Crippen LogP contribution in [0.3, 0.4) is 0 Å². The Balaban J connectivity index is 1.93. The van der Waals surface area contributed by atoms with E-state index in [1.807, 2.05) is 4.90 Å². The minimum Gasteiger partial charge on any atom is -0.336 e. The molecule has 2 aliphatic rings. The van der Waals surface area contributed by atoms with Crippen molar-refractivity contribution in [3.05, 3.63) is 0 Å². The fourth-order valence-corrected chi connectivity index (χ4v) is 4.19. The Bertz CT molecular complexity index is 459. The molecule has 21 heavy (non-hydrogen) atoms. The average Bonchev–Trinajstić information content (AvgIpc) is 3.25. The quantitative estimate of drug-likeness (QED) is 0.737. The van der Waals surface area contributed by atoms with Gasteiger partial charge in [-0.05, 0) is 25.7 Å². The van der Waals surface area contributed by atoms with Gasteiger partial charge in [0.1, 0.15) is 0 Å². The first-order valence-electron chi connectivity index (χ1n) is 8.08. The van der Waals surface area contributed by atoms with Crippen molar-refractivity contribution >= 4 is 15.7 Å². The van der Waals surface area contributed by atoms with E-state index in [-0.39, 0.29) is 23.5 Å². The van der Waals surface area contributed by atoms with Crippen LogP contribution in [0, 0.1) is 5.92 Å². The second-order valence-electron chi connectivity index (χ2n) is 6.59. The van der Waals surface area contributed by atoms with Crippen LogP contribution in [-0.2, 0) is 14.6 Å². The van der Waals surface area contributed by atoms with Crippen LogP contribution in [0.15, 0.2) is 0 Å². The molecule has 2 fully saturated rings. The molecule has 1 saturated heterocycles. The predicted molar refractivity (Wildman–Crippen MR) is 83.9 cm³/mol. The molecule has 122 valence electrons. The molecule has 1 aliphatic carbocycles. The molecule has 0 bridgehead atoms. The summed E-state index contributed by atoms with van der Waals surface area (Å²) in [5.74, 6) is 1.04. The number of rotatable bonds is 6. The third kappa shape index (κ3) is 4.42. The lowest BCUT2D eigenvalue weighted by Crippen LogP contribution is -2.50. The second kappa shape index (κ2) is 6.65. The molecule has 2 atom stereocenters. The van der Waals surface area contributed by atoms with Crippen molar-refractivity contribution in [2.24, 2.45) is 5.92 Å². The van der Waals surface area contributed by atoms with E-state index in [2.05, 4.69) is 25.7 Å². The summed E-state index contributed by atoms with van der Waals surface area (Å²) < 4.78 is 22.9. The fourth-order valence-electron chi connectivity index (χ4n) is 2.91. The number of hydrogen-bond donors (Lipinski definition) is 0. The number of amides is 1. The molecule has 1 amide bonds. The molecule has 0 aromatic carbocycles. The van der Waals surface area contributed by atoms with Gasteiger partial charge >= 0.3 is 0 Å². The van der Waals surface area contributed by atoms with E-state index in [4.69, 9.17) is 0 Å². The Labute approximate surface area is 128 Å². The van der Waals surface area contributed by atoms with Crippen LogP contribution in [-0.4, -0.2) is 67.3 Å². The SMILES string of the molecule is CC[C@@H](C)[C@@H](C)N(C(=O)CN1CCS(=O)(=O)CC1)C1CC1. The lowest BCUT2D eigenvalue weighted by molar-refractivity contribution is -0.136. The third-order valence-electron chi connectivity index (χ3n) is 4.93. The normalized spacial score (nSPS) is 25.3. The molecule has 0 unspecified atom stereocenters. The summed E-state index contributed by atoms with van der Waals surface area (Å²) in [6.07, 6.45) is 3.29. The summed E-state index contributed by atoms with van der Waals surface area (Å²) in [4.78, 5) is 16.7. The Kier molecular flexibility index (Phi) is 5.30. The number of sulfone groups is 1. The third-order valence-corrected chi connectivity index (χ3v) is 6.54. The van der Waals surface area contributed by atoms with Crippen LogP contribution in [0.25, 0.3) is 0 Å². The maximum absolute atomic E-state index is 12.7. The predicted octanol–water partition coefficient (Wildman–Crippen LogP) is 1.14. The zero-order valence-corrected chi connectivity index (χ0v) is 14.2. The highest BCUT2D eigenvalue weighted by atomic mass is 32.2. The van der Waals surface area contributed by atoms with Gasteiger partial charge in [0.05, 0.1) is 18.1 Å². The van der Waals surface area contributed by atoms with Crippen molar-refractivity contribution in [1.29, 1.82) is 0 Å². The molecule has 5 nitrogen and oxygen atoms in total. The smallest absolute Gasteiger partial charge is 0.237 e. The zero-order chi connectivity index (χ0) is 15.6. The van der Waals surface area contributed by atoms with Gasteiger partial charge in [0.25, 0.3) is 0 Å². The maximum Gasteiger partial charge on any atom is 0.237 e. The Morgan fingerprint density at radius 2 is 1.81 bits per heavy atom. The summed E-state index contributed by atoms with van der Waals surface area (Å²) in [5, 5.41) is 0. The molecule has 0 aromatic heterocycles. The van der Waals surface area contributed by atoms with E-state index in [0.29, 0.717) is 31.6 Å². The van der Waals surface area contributed by atoms with Crippen LogP contribution < -0.4 is 0 Å². The van der Waals surface area contributed by atoms with Crippen molar-refractivity contribution in [3.63, 3.8) is 0 Å². The molecule has 0 aromatic rings. The molecule has 2 rings (SSSR count). The lowest BCUT2D eigenvalue weighted by Gasteiger charge is -2.35. The summed E-state index contributed by atoms with van der Waals surface area (Å²) in [5.41, 5.74) is 0. The van der Waals surface area contributed by atoms with Gasteiger partial charge < -0.3 is 4.90 Å². The molecule has 0 spiro atoms. The van der Waals surface area contributed by atoms with Crippen LogP contribution in [0.4, 0.5) is 0 Å². The molecular formula is C15H28N2O3S. The summed E-state index contributed by atoms with van der Waals surface area (Å²) >= 11 is 0. The monoisotopic (exact) mass is 316 g/mol. The fraction of sp³-hybridized carbons (Fsp3) is 0.933. The molecule has 6 heteroatoms. The Morgan fingerprint density at radius 1 is 1.24 bits per heavy atom. The molecular weight excluding hydrogens is 288 g/mol. The topological polar surface area (TPSA) is 57.7 Å². The van der Waals surface area contributed by atoms with Gasteiger partial charge in [0.15, 0.2) is 9.84 Å². The molecule has 0 N–H and O–H groups in total. The van der Waals surface area contributed by atoms with Gasteiger partial charge in [0, 0.05) is 25.2 Å². The maximum atomic E-state index is 12.7. The minimum atomic E-state index is -2.88. The van der Waals surface area contributed by atoms with Gasteiger partial charge in [-0.15, -0.1) is 0 Å². The van der Waals surface area contributed by atoms with Crippen LogP contribution in [0.1, 0.15) is 40.0 Å². The first kappa shape index (κ1) is 16.7. The highest BCUT2D eigenvalue weighted by molar-refractivity contribution is 7.91. The van der Waals surface area contributed by atoms with E-state index in [9.17, 15) is 13.2 Å². The Morgan fingerprint density at radius 3 is 2.29 bits per heavy atom. The van der Waals surface area contributed by atoms with Crippen LogP contribution in [0.2, 0.25) is 0 Å². The van der Waals surface area contributed by atoms with E-state index in [0.717, 1.165) is 19.3 Å². The van der Waals surface area contributed by atoms with Gasteiger partial charge in [-0.25, -0.2) is 8.42 Å². The number of nitrogens with zero attached hydrogens (tertiary/aromatic N) is 2. The van der Waals surface area contributed by atoms with E-state index >= 15 is 0 Å². The van der Waals surface area contributed by atoms with Crippen molar-refractivity contribution in [1.82, 2.24) is 9.80 Å². The van der Waals surface area contributed by atoms with Gasteiger partial charge in [-0.1, -0.05) is 20.3 Å².